The lowest BCUT2D eigenvalue weighted by atomic mass is 9.83. The van der Waals surface area contributed by atoms with E-state index in [9.17, 15) is 14.3 Å². The normalized spacial score (nSPS) is 23.6. The van der Waals surface area contributed by atoms with Crippen LogP contribution in [0.25, 0.3) is 0 Å². The zero-order chi connectivity index (χ0) is 13.3. The molecule has 0 unspecified atom stereocenters. The van der Waals surface area contributed by atoms with Gasteiger partial charge in [0.15, 0.2) is 0 Å². The van der Waals surface area contributed by atoms with Gasteiger partial charge >= 0.3 is 5.97 Å². The van der Waals surface area contributed by atoms with Crippen molar-refractivity contribution in [3.05, 3.63) is 35.1 Å². The standard InChI is InChI=1S/C14H17FO3/c1-3-18-13(16)9(2)14(17)7-6-10-4-5-11(15)8-12(10)14/h4-5,8-9,17H,3,6-7H2,1-2H3/t9-,14+/m0/s1. The first-order valence-electron chi connectivity index (χ1n) is 6.17. The number of hydrogen-bond donors (Lipinski definition) is 1. The second kappa shape index (κ2) is 4.69. The lowest BCUT2D eigenvalue weighted by Crippen LogP contribution is -2.37. The van der Waals surface area contributed by atoms with Gasteiger partial charge in [0.1, 0.15) is 11.4 Å². The Labute approximate surface area is 106 Å². The number of aliphatic hydroxyl groups is 1. The summed E-state index contributed by atoms with van der Waals surface area (Å²) in [4.78, 5) is 11.8. The summed E-state index contributed by atoms with van der Waals surface area (Å²) in [5, 5.41) is 10.7. The average molecular weight is 252 g/mol. The first kappa shape index (κ1) is 13.0. The monoisotopic (exact) mass is 252 g/mol. The summed E-state index contributed by atoms with van der Waals surface area (Å²) >= 11 is 0. The summed E-state index contributed by atoms with van der Waals surface area (Å²) in [5.74, 6) is -1.54. The van der Waals surface area contributed by atoms with Crippen molar-refractivity contribution in [2.75, 3.05) is 6.61 Å². The summed E-state index contributed by atoms with van der Waals surface area (Å²) in [6, 6.07) is 4.36. The number of rotatable bonds is 3. The van der Waals surface area contributed by atoms with Crippen LogP contribution < -0.4 is 0 Å². The predicted octanol–water partition coefficient (Wildman–Crippen LogP) is 2.16. The molecule has 0 heterocycles. The Kier molecular flexibility index (Phi) is 3.39. The van der Waals surface area contributed by atoms with E-state index < -0.39 is 23.3 Å². The van der Waals surface area contributed by atoms with E-state index in [4.69, 9.17) is 4.74 Å². The van der Waals surface area contributed by atoms with Gasteiger partial charge in [0.2, 0.25) is 0 Å². The van der Waals surface area contributed by atoms with Gasteiger partial charge in [-0.3, -0.25) is 4.79 Å². The van der Waals surface area contributed by atoms with E-state index in [2.05, 4.69) is 0 Å². The molecule has 0 bridgehead atoms. The number of halogens is 1. The fourth-order valence-electron chi connectivity index (χ4n) is 2.54. The van der Waals surface area contributed by atoms with E-state index >= 15 is 0 Å². The average Bonchev–Trinajstić information content (AvgIpc) is 2.67. The summed E-state index contributed by atoms with van der Waals surface area (Å²) in [7, 11) is 0. The van der Waals surface area contributed by atoms with Crippen LogP contribution in [0.3, 0.4) is 0 Å². The molecule has 1 aromatic carbocycles. The zero-order valence-electron chi connectivity index (χ0n) is 10.6. The van der Waals surface area contributed by atoms with Crippen LogP contribution >= 0.6 is 0 Å². The Morgan fingerprint density at radius 2 is 2.33 bits per heavy atom. The van der Waals surface area contributed by atoms with Crippen molar-refractivity contribution >= 4 is 5.97 Å². The van der Waals surface area contributed by atoms with E-state index in [1.807, 2.05) is 0 Å². The molecule has 4 heteroatoms. The minimum atomic E-state index is -1.32. The molecule has 18 heavy (non-hydrogen) atoms. The van der Waals surface area contributed by atoms with Crippen LogP contribution in [0.15, 0.2) is 18.2 Å². The van der Waals surface area contributed by atoms with Crippen molar-refractivity contribution in [2.45, 2.75) is 32.3 Å². The molecule has 98 valence electrons. The highest BCUT2D eigenvalue weighted by molar-refractivity contribution is 5.74. The Morgan fingerprint density at radius 3 is 3.00 bits per heavy atom. The minimum absolute atomic E-state index is 0.273. The van der Waals surface area contributed by atoms with Gasteiger partial charge < -0.3 is 9.84 Å². The van der Waals surface area contributed by atoms with Crippen LogP contribution in [0.5, 0.6) is 0 Å². The number of esters is 1. The molecule has 0 aliphatic heterocycles. The molecule has 2 atom stereocenters. The second-order valence-corrected chi connectivity index (χ2v) is 4.70. The Hall–Kier alpha value is -1.42. The van der Waals surface area contributed by atoms with E-state index in [0.29, 0.717) is 18.4 Å². The van der Waals surface area contributed by atoms with E-state index in [1.54, 1.807) is 19.9 Å². The Morgan fingerprint density at radius 1 is 1.61 bits per heavy atom. The number of carbonyl (C=O) groups is 1. The highest BCUT2D eigenvalue weighted by Gasteiger charge is 2.45. The van der Waals surface area contributed by atoms with E-state index in [1.165, 1.54) is 12.1 Å². The van der Waals surface area contributed by atoms with Crippen molar-refractivity contribution in [2.24, 2.45) is 5.92 Å². The Balaban J connectivity index is 2.35. The quantitative estimate of drug-likeness (QED) is 0.838. The molecular weight excluding hydrogens is 235 g/mol. The molecule has 3 nitrogen and oxygen atoms in total. The first-order chi connectivity index (χ1) is 8.49. The molecule has 0 aromatic heterocycles. The first-order valence-corrected chi connectivity index (χ1v) is 6.17. The van der Waals surface area contributed by atoms with Gasteiger partial charge in [-0.25, -0.2) is 4.39 Å². The van der Waals surface area contributed by atoms with Crippen LogP contribution in [0.1, 0.15) is 31.4 Å². The van der Waals surface area contributed by atoms with Crippen LogP contribution in [0.4, 0.5) is 4.39 Å². The summed E-state index contributed by atoms with van der Waals surface area (Å²) in [6.45, 7) is 3.62. The second-order valence-electron chi connectivity index (χ2n) is 4.70. The van der Waals surface area contributed by atoms with Gasteiger partial charge in [0.25, 0.3) is 0 Å². The van der Waals surface area contributed by atoms with Gasteiger partial charge in [-0.2, -0.15) is 0 Å². The van der Waals surface area contributed by atoms with Crippen molar-refractivity contribution in [1.82, 2.24) is 0 Å². The molecule has 1 aromatic rings. The van der Waals surface area contributed by atoms with Gasteiger partial charge in [-0.05, 0) is 49.9 Å². The van der Waals surface area contributed by atoms with Crippen molar-refractivity contribution in [3.63, 3.8) is 0 Å². The van der Waals surface area contributed by atoms with E-state index in [-0.39, 0.29) is 6.61 Å². The lowest BCUT2D eigenvalue weighted by Gasteiger charge is -2.29. The molecular formula is C14H17FO3. The topological polar surface area (TPSA) is 46.5 Å². The maximum atomic E-state index is 13.3. The van der Waals surface area contributed by atoms with Crippen LogP contribution in [-0.2, 0) is 21.6 Å². The third-order valence-electron chi connectivity index (χ3n) is 3.67. The molecule has 0 fully saturated rings. The van der Waals surface area contributed by atoms with Gasteiger partial charge in [-0.15, -0.1) is 0 Å². The van der Waals surface area contributed by atoms with Crippen LogP contribution in [-0.4, -0.2) is 17.7 Å². The van der Waals surface area contributed by atoms with Gasteiger partial charge in [0, 0.05) is 0 Å². The zero-order valence-corrected chi connectivity index (χ0v) is 10.6. The number of aryl methyl sites for hydroxylation is 1. The maximum Gasteiger partial charge on any atom is 0.311 e. The minimum Gasteiger partial charge on any atom is -0.466 e. The molecule has 2 rings (SSSR count). The Bertz CT molecular complexity index is 472. The molecule has 0 amide bonds. The van der Waals surface area contributed by atoms with Gasteiger partial charge in [-0.1, -0.05) is 6.07 Å². The SMILES string of the molecule is CCOC(=O)[C@H](C)[C@]1(O)CCc2ccc(F)cc21. The molecule has 0 saturated heterocycles. The molecule has 0 saturated carbocycles. The maximum absolute atomic E-state index is 13.3. The summed E-state index contributed by atoms with van der Waals surface area (Å²) in [5.41, 5.74) is 0.0991. The molecule has 1 aliphatic carbocycles. The fraction of sp³-hybridized carbons (Fsp3) is 0.500. The van der Waals surface area contributed by atoms with Crippen LogP contribution in [0.2, 0.25) is 0 Å². The smallest absolute Gasteiger partial charge is 0.311 e. The molecule has 1 N–H and O–H groups in total. The van der Waals surface area contributed by atoms with Crippen molar-refractivity contribution in [1.29, 1.82) is 0 Å². The highest BCUT2D eigenvalue weighted by Crippen LogP contribution is 2.42. The molecule has 1 aliphatic rings. The predicted molar refractivity (Wildman–Crippen MR) is 64.4 cm³/mol. The summed E-state index contributed by atoms with van der Waals surface area (Å²) < 4.78 is 18.2. The molecule has 0 spiro atoms. The third-order valence-corrected chi connectivity index (χ3v) is 3.67. The lowest BCUT2D eigenvalue weighted by molar-refractivity contribution is -0.158. The highest BCUT2D eigenvalue weighted by atomic mass is 19.1. The van der Waals surface area contributed by atoms with Crippen LogP contribution in [0, 0.1) is 11.7 Å². The number of carbonyl (C=O) groups excluding carboxylic acids is 1. The third kappa shape index (κ3) is 2.01. The fourth-order valence-corrected chi connectivity index (χ4v) is 2.54. The number of ether oxygens (including phenoxy) is 1. The summed E-state index contributed by atoms with van der Waals surface area (Å²) in [6.07, 6.45) is 1.07. The molecule has 0 radical (unpaired) electrons. The number of fused-ring (bicyclic) bond motifs is 1. The van der Waals surface area contributed by atoms with E-state index in [0.717, 1.165) is 5.56 Å². The number of hydrogen-bond acceptors (Lipinski definition) is 3. The van der Waals surface area contributed by atoms with Gasteiger partial charge in [0.05, 0.1) is 12.5 Å². The number of benzene rings is 1. The largest absolute Gasteiger partial charge is 0.466 e. The van der Waals surface area contributed by atoms with Crippen molar-refractivity contribution < 1.29 is 19.0 Å². The van der Waals surface area contributed by atoms with Crippen molar-refractivity contribution in [3.8, 4) is 0 Å².